The predicted octanol–water partition coefficient (Wildman–Crippen LogP) is 2.24. The smallest absolute Gasteiger partial charge is 0.264 e. The lowest BCUT2D eigenvalue weighted by molar-refractivity contribution is 0.592. The van der Waals surface area contributed by atoms with Gasteiger partial charge in [0.05, 0.1) is 11.4 Å². The lowest BCUT2D eigenvalue weighted by Gasteiger charge is -2.07. The third-order valence-electron chi connectivity index (χ3n) is 2.64. The molecular weight excluding hydrogens is 354 g/mol. The molecule has 21 heavy (non-hydrogen) atoms. The molecule has 0 aliphatic heterocycles. The van der Waals surface area contributed by atoms with Gasteiger partial charge in [-0.2, -0.15) is 0 Å². The number of aliphatic imine (C=N–C) groups is 1. The van der Waals surface area contributed by atoms with E-state index in [0.717, 1.165) is 10.0 Å². The maximum atomic E-state index is 12.1. The average molecular weight is 368 g/mol. The number of hydrogen-bond acceptors (Lipinski definition) is 3. The van der Waals surface area contributed by atoms with Gasteiger partial charge in [-0.15, -0.1) is 0 Å². The van der Waals surface area contributed by atoms with Crippen LogP contribution in [0.3, 0.4) is 0 Å². The van der Waals surface area contributed by atoms with Crippen LogP contribution in [0.2, 0.25) is 0 Å². The van der Waals surface area contributed by atoms with Crippen molar-refractivity contribution in [1.82, 2.24) is 4.72 Å². The first-order chi connectivity index (χ1) is 9.97. The van der Waals surface area contributed by atoms with E-state index in [-0.39, 0.29) is 10.9 Å². The molecule has 0 fully saturated rings. The first kappa shape index (κ1) is 15.5. The molecule has 0 aliphatic rings. The van der Waals surface area contributed by atoms with E-state index < -0.39 is 10.0 Å². The van der Waals surface area contributed by atoms with Crippen LogP contribution >= 0.6 is 15.9 Å². The number of hydrogen-bond donors (Lipinski definition) is 2. The maximum Gasteiger partial charge on any atom is 0.264 e. The van der Waals surface area contributed by atoms with Crippen molar-refractivity contribution in [2.24, 2.45) is 10.7 Å². The summed E-state index contributed by atoms with van der Waals surface area (Å²) in [6.07, 6.45) is 0. The van der Waals surface area contributed by atoms with Gasteiger partial charge in [0.1, 0.15) is 0 Å². The highest BCUT2D eigenvalue weighted by atomic mass is 79.9. The Morgan fingerprint density at radius 1 is 1.10 bits per heavy atom. The third-order valence-corrected chi connectivity index (χ3v) is 4.54. The highest BCUT2D eigenvalue weighted by Gasteiger charge is 2.14. The molecule has 2 rings (SSSR count). The van der Waals surface area contributed by atoms with Crippen LogP contribution in [0.1, 0.15) is 5.56 Å². The zero-order chi connectivity index (χ0) is 15.3. The minimum Gasteiger partial charge on any atom is -0.369 e. The van der Waals surface area contributed by atoms with Crippen LogP contribution in [0.25, 0.3) is 0 Å². The summed E-state index contributed by atoms with van der Waals surface area (Å²) in [7, 11) is -3.71. The second kappa shape index (κ2) is 6.73. The molecule has 0 atom stereocenters. The number of nitrogens with two attached hydrogens (primary N) is 1. The van der Waals surface area contributed by atoms with Crippen molar-refractivity contribution in [1.29, 1.82) is 0 Å². The minimum atomic E-state index is -3.71. The zero-order valence-electron chi connectivity index (χ0n) is 11.0. The Bertz CT molecular complexity index is 729. The molecule has 0 amide bonds. The van der Waals surface area contributed by atoms with Crippen molar-refractivity contribution in [2.45, 2.75) is 11.4 Å². The van der Waals surface area contributed by atoms with E-state index in [0.29, 0.717) is 6.54 Å². The second-order valence-corrected chi connectivity index (χ2v) is 6.84. The van der Waals surface area contributed by atoms with Crippen LogP contribution in [-0.2, 0) is 16.6 Å². The van der Waals surface area contributed by atoms with Crippen molar-refractivity contribution in [2.75, 3.05) is 0 Å². The molecule has 110 valence electrons. The fourth-order valence-electron chi connectivity index (χ4n) is 1.60. The molecule has 0 aromatic heterocycles. The molecule has 2 aromatic carbocycles. The topological polar surface area (TPSA) is 84.5 Å². The monoisotopic (exact) mass is 367 g/mol. The summed E-state index contributed by atoms with van der Waals surface area (Å²) >= 11 is 3.25. The summed E-state index contributed by atoms with van der Waals surface area (Å²) in [5.41, 5.74) is 6.57. The average Bonchev–Trinajstić information content (AvgIpc) is 2.46. The summed E-state index contributed by atoms with van der Waals surface area (Å²) < 4.78 is 27.2. The number of guanidine groups is 1. The molecule has 0 saturated heterocycles. The molecule has 2 aromatic rings. The van der Waals surface area contributed by atoms with Crippen molar-refractivity contribution in [3.8, 4) is 0 Å². The van der Waals surface area contributed by atoms with Crippen LogP contribution in [0.4, 0.5) is 0 Å². The predicted molar refractivity (Wildman–Crippen MR) is 86.2 cm³/mol. The van der Waals surface area contributed by atoms with Gasteiger partial charge in [0, 0.05) is 4.47 Å². The Balaban J connectivity index is 2.07. The number of benzene rings is 2. The van der Waals surface area contributed by atoms with Crippen molar-refractivity contribution in [3.05, 3.63) is 64.6 Å². The lowest BCUT2D eigenvalue weighted by Crippen LogP contribution is -2.36. The SMILES string of the molecule is NC(=NCc1ccccc1)NS(=O)(=O)c1ccc(Br)cc1. The molecule has 3 N–H and O–H groups in total. The Kier molecular flexibility index (Phi) is 4.98. The largest absolute Gasteiger partial charge is 0.369 e. The molecule has 0 unspecified atom stereocenters. The fourth-order valence-corrected chi connectivity index (χ4v) is 2.82. The van der Waals surface area contributed by atoms with Crippen molar-refractivity contribution in [3.63, 3.8) is 0 Å². The molecule has 0 radical (unpaired) electrons. The molecule has 7 heteroatoms. The number of nitrogens with one attached hydrogen (secondary N) is 1. The lowest BCUT2D eigenvalue weighted by atomic mass is 10.2. The Morgan fingerprint density at radius 3 is 2.33 bits per heavy atom. The van der Waals surface area contributed by atoms with Gasteiger partial charge in [-0.3, -0.25) is 0 Å². The van der Waals surface area contributed by atoms with Crippen LogP contribution in [0.15, 0.2) is 69.0 Å². The third kappa shape index (κ3) is 4.57. The first-order valence-corrected chi connectivity index (χ1v) is 8.37. The highest BCUT2D eigenvalue weighted by Crippen LogP contribution is 2.14. The summed E-state index contributed by atoms with van der Waals surface area (Å²) in [4.78, 5) is 4.15. The van der Waals surface area contributed by atoms with Gasteiger partial charge in [0.25, 0.3) is 10.0 Å². The van der Waals surface area contributed by atoms with Crippen LogP contribution < -0.4 is 10.5 Å². The van der Waals surface area contributed by atoms with Crippen molar-refractivity contribution >= 4 is 31.9 Å². The quantitative estimate of drug-likeness (QED) is 0.641. The van der Waals surface area contributed by atoms with Gasteiger partial charge in [0.15, 0.2) is 0 Å². The summed E-state index contributed by atoms with van der Waals surface area (Å²) in [5.74, 6) is -0.137. The standard InChI is InChI=1S/C14H14BrN3O2S/c15-12-6-8-13(9-7-12)21(19,20)18-14(16)17-10-11-4-2-1-3-5-11/h1-9H,10H2,(H3,16,17,18). The molecule has 0 aliphatic carbocycles. The van der Waals surface area contributed by atoms with Gasteiger partial charge in [0.2, 0.25) is 5.96 Å². The number of nitrogens with zero attached hydrogens (tertiary/aromatic N) is 1. The summed E-state index contributed by atoms with van der Waals surface area (Å²) in [5, 5.41) is 0. The molecular formula is C14H14BrN3O2S. The van der Waals surface area contributed by atoms with Crippen LogP contribution in [0, 0.1) is 0 Å². The second-order valence-electron chi connectivity index (χ2n) is 4.25. The Morgan fingerprint density at radius 2 is 1.71 bits per heavy atom. The van der Waals surface area contributed by atoms with E-state index in [2.05, 4.69) is 25.6 Å². The Hall–Kier alpha value is -1.86. The number of rotatable bonds is 4. The Labute approximate surface area is 132 Å². The van der Waals surface area contributed by atoms with Gasteiger partial charge >= 0.3 is 0 Å². The van der Waals surface area contributed by atoms with Gasteiger partial charge in [-0.25, -0.2) is 18.1 Å². The van der Waals surface area contributed by atoms with E-state index in [9.17, 15) is 8.42 Å². The van der Waals surface area contributed by atoms with Crippen LogP contribution in [0.5, 0.6) is 0 Å². The highest BCUT2D eigenvalue weighted by molar-refractivity contribution is 9.10. The van der Waals surface area contributed by atoms with E-state index in [1.165, 1.54) is 12.1 Å². The van der Waals surface area contributed by atoms with E-state index in [1.54, 1.807) is 12.1 Å². The summed E-state index contributed by atoms with van der Waals surface area (Å²) in [6, 6.07) is 15.7. The molecule has 0 saturated carbocycles. The molecule has 0 bridgehead atoms. The van der Waals surface area contributed by atoms with Gasteiger partial charge in [-0.1, -0.05) is 46.3 Å². The van der Waals surface area contributed by atoms with E-state index >= 15 is 0 Å². The fraction of sp³-hybridized carbons (Fsp3) is 0.0714. The van der Waals surface area contributed by atoms with E-state index in [4.69, 9.17) is 5.73 Å². The van der Waals surface area contributed by atoms with Gasteiger partial charge < -0.3 is 5.73 Å². The number of sulfonamides is 1. The molecule has 5 nitrogen and oxygen atoms in total. The molecule has 0 spiro atoms. The van der Waals surface area contributed by atoms with Crippen LogP contribution in [-0.4, -0.2) is 14.4 Å². The normalized spacial score (nSPS) is 12.1. The van der Waals surface area contributed by atoms with Gasteiger partial charge in [-0.05, 0) is 29.8 Å². The first-order valence-electron chi connectivity index (χ1n) is 6.09. The maximum absolute atomic E-state index is 12.1. The number of halogens is 1. The zero-order valence-corrected chi connectivity index (χ0v) is 13.4. The minimum absolute atomic E-state index is 0.128. The molecule has 0 heterocycles. The summed E-state index contributed by atoms with van der Waals surface area (Å²) in [6.45, 7) is 0.315. The van der Waals surface area contributed by atoms with Crippen molar-refractivity contribution < 1.29 is 8.42 Å². The van der Waals surface area contributed by atoms with E-state index in [1.807, 2.05) is 30.3 Å².